The Balaban J connectivity index is 1.25. The topological polar surface area (TPSA) is 3.24 Å². The molecule has 0 bridgehead atoms. The summed E-state index contributed by atoms with van der Waals surface area (Å²) in [5, 5.41) is 4.94. The molecule has 6 heteroatoms. The van der Waals surface area contributed by atoms with E-state index >= 15 is 0 Å². The Bertz CT molecular complexity index is 3110. The van der Waals surface area contributed by atoms with Crippen molar-refractivity contribution in [3.63, 3.8) is 0 Å². The maximum absolute atomic E-state index is 2.52. The first kappa shape index (κ1) is 36.9. The second-order valence-corrected chi connectivity index (χ2v) is 17.0. The van der Waals surface area contributed by atoms with Crippen LogP contribution < -0.4 is 32.2 Å². The van der Waals surface area contributed by atoms with E-state index in [1.807, 2.05) is 0 Å². The van der Waals surface area contributed by atoms with Crippen molar-refractivity contribution >= 4 is 105 Å². The number of hydrogen-bond donors (Lipinski definition) is 0. The molecule has 0 spiro atoms. The van der Waals surface area contributed by atoms with E-state index < -0.39 is 0 Å². The minimum Gasteiger partial charge on any atom is -0.309 e. The van der Waals surface area contributed by atoms with E-state index in [1.54, 1.807) is 0 Å². The van der Waals surface area contributed by atoms with Gasteiger partial charge < -0.3 is 4.90 Å². The Morgan fingerprint density at radius 2 is 0.932 bits per heavy atom. The number of nitrogens with zero attached hydrogens (tertiary/aromatic N) is 1. The van der Waals surface area contributed by atoms with Crippen molar-refractivity contribution in [2.75, 3.05) is 4.90 Å². The molecule has 0 fully saturated rings. The number of hydrogen-bond acceptors (Lipinski definition) is 1. The largest absolute Gasteiger partial charge is 0.309 e. The molecular weight excluding hydrogens is 705 g/mol. The molecule has 1 aliphatic carbocycles. The van der Waals surface area contributed by atoms with Gasteiger partial charge in [0, 0.05) is 22.1 Å². The predicted octanol–water partition coefficient (Wildman–Crippen LogP) is 6.06. The Morgan fingerprint density at radius 1 is 0.373 bits per heavy atom. The van der Waals surface area contributed by atoms with E-state index in [9.17, 15) is 0 Å². The van der Waals surface area contributed by atoms with Crippen molar-refractivity contribution in [3.8, 4) is 44.5 Å². The number of fused-ring (bicyclic) bond motifs is 6. The fourth-order valence-corrected chi connectivity index (χ4v) is 10.1. The van der Waals surface area contributed by atoms with Crippen LogP contribution in [0.15, 0.2) is 170 Å². The van der Waals surface area contributed by atoms with Gasteiger partial charge in [-0.3, -0.25) is 0 Å². The van der Waals surface area contributed by atoms with Gasteiger partial charge in [0.2, 0.25) is 0 Å². The zero-order valence-electron chi connectivity index (χ0n) is 35.1. The van der Waals surface area contributed by atoms with Crippen LogP contribution >= 0.6 is 0 Å². The third-order valence-electron chi connectivity index (χ3n) is 13.6. The summed E-state index contributed by atoms with van der Waals surface area (Å²) < 4.78 is 0. The molecule has 0 unspecified atom stereocenters. The lowest BCUT2D eigenvalue weighted by Gasteiger charge is -2.31. The Labute approximate surface area is 353 Å². The minimum atomic E-state index is -0.0539. The summed E-state index contributed by atoms with van der Waals surface area (Å²) >= 11 is 0. The highest BCUT2D eigenvalue weighted by atomic mass is 15.1. The monoisotopic (exact) mass is 749 g/mol. The molecule has 0 aromatic heterocycles. The summed E-state index contributed by atoms with van der Waals surface area (Å²) in [4.78, 5) is 2.52. The fourth-order valence-electron chi connectivity index (χ4n) is 10.1. The molecule has 0 radical (unpaired) electrons. The van der Waals surface area contributed by atoms with E-state index in [2.05, 4.69) is 228 Å². The number of benzene rings is 9. The molecular formula is C53H44B5N. The average Bonchev–Trinajstić information content (AvgIpc) is 3.51. The van der Waals surface area contributed by atoms with Gasteiger partial charge in [-0.15, -0.1) is 16.4 Å². The highest BCUT2D eigenvalue weighted by Gasteiger charge is 2.35. The molecule has 276 valence electrons. The molecule has 9 aromatic rings. The maximum Gasteiger partial charge on any atom is 0.139 e. The average molecular weight is 749 g/mol. The van der Waals surface area contributed by atoms with E-state index in [1.165, 1.54) is 104 Å². The summed E-state index contributed by atoms with van der Waals surface area (Å²) in [6.07, 6.45) is 0. The minimum absolute atomic E-state index is 0.0539. The summed E-state index contributed by atoms with van der Waals surface area (Å²) in [6, 6.07) is 63.4. The van der Waals surface area contributed by atoms with Crippen molar-refractivity contribution in [2.45, 2.75) is 19.3 Å². The van der Waals surface area contributed by atoms with Gasteiger partial charge in [-0.2, -0.15) is 0 Å². The SMILES string of the molecule is Bc1c(B)c(B)c(-c2ccc(N(c3cccc(-c4ccc5c(c4)-c4ccccc4C5(C)C)c3-c3ccccc3)c3cc4ccccc4c4ccccc34)cc2)c(B)c1B. The first-order valence-corrected chi connectivity index (χ1v) is 20.9. The van der Waals surface area contributed by atoms with Gasteiger partial charge in [0.1, 0.15) is 39.2 Å². The lowest BCUT2D eigenvalue weighted by molar-refractivity contribution is 0.660. The molecule has 1 nitrogen and oxygen atoms in total. The molecule has 0 aliphatic heterocycles. The van der Waals surface area contributed by atoms with Crippen LogP contribution in [0.2, 0.25) is 0 Å². The Hall–Kier alpha value is -6.38. The van der Waals surface area contributed by atoms with Gasteiger partial charge >= 0.3 is 0 Å². The lowest BCUT2D eigenvalue weighted by Crippen LogP contribution is -2.55. The van der Waals surface area contributed by atoms with Crippen molar-refractivity contribution in [1.29, 1.82) is 0 Å². The quantitative estimate of drug-likeness (QED) is 0.148. The first-order valence-electron chi connectivity index (χ1n) is 20.9. The van der Waals surface area contributed by atoms with Gasteiger partial charge in [0.15, 0.2) is 0 Å². The summed E-state index contributed by atoms with van der Waals surface area (Å²) in [6.45, 7) is 4.71. The fraction of sp³-hybridized carbons (Fsp3) is 0.0566. The van der Waals surface area contributed by atoms with Gasteiger partial charge in [0.25, 0.3) is 0 Å². The molecule has 0 heterocycles. The predicted molar refractivity (Wildman–Crippen MR) is 271 cm³/mol. The Morgan fingerprint density at radius 3 is 1.68 bits per heavy atom. The van der Waals surface area contributed by atoms with Crippen LogP contribution in [0.4, 0.5) is 17.1 Å². The molecule has 59 heavy (non-hydrogen) atoms. The second kappa shape index (κ2) is 14.2. The van der Waals surface area contributed by atoms with Crippen LogP contribution in [0.3, 0.4) is 0 Å². The molecule has 0 atom stereocenters. The standard InChI is InChI=1S/C53H44B5N/c1-53(2)42-21-11-10-18-39(42)41-29-34(25-28-43(41)53)37-20-12-22-44(46(37)31-13-4-3-5-14-31)59(45-30-33-15-6-7-16-36(33)38-17-8-9-19-40(38)45)35-26-23-32(24-27-35)47-48(54)50(56)52(58)51(57)49(47)55/h3-30H,54-58H2,1-2H3. The summed E-state index contributed by atoms with van der Waals surface area (Å²) in [5.74, 6) is 0. The first-order chi connectivity index (χ1) is 28.6. The molecule has 10 rings (SSSR count). The van der Waals surface area contributed by atoms with Crippen LogP contribution in [0.25, 0.3) is 66.1 Å². The van der Waals surface area contributed by atoms with Crippen LogP contribution in [-0.4, -0.2) is 39.2 Å². The molecule has 0 amide bonds. The molecule has 9 aromatic carbocycles. The van der Waals surface area contributed by atoms with Gasteiger partial charge in [-0.25, -0.2) is 0 Å². The van der Waals surface area contributed by atoms with Crippen molar-refractivity contribution in [1.82, 2.24) is 0 Å². The zero-order valence-corrected chi connectivity index (χ0v) is 35.1. The molecule has 1 aliphatic rings. The zero-order chi connectivity index (χ0) is 40.6. The van der Waals surface area contributed by atoms with E-state index in [0.717, 1.165) is 17.1 Å². The molecule has 0 N–H and O–H groups in total. The van der Waals surface area contributed by atoms with Crippen molar-refractivity contribution < 1.29 is 0 Å². The third kappa shape index (κ3) is 5.83. The molecule has 0 saturated carbocycles. The van der Waals surface area contributed by atoms with Crippen LogP contribution in [0, 0.1) is 0 Å². The van der Waals surface area contributed by atoms with Crippen LogP contribution in [0.5, 0.6) is 0 Å². The Kier molecular flexibility index (Phi) is 8.87. The van der Waals surface area contributed by atoms with Crippen molar-refractivity contribution in [3.05, 3.63) is 181 Å². The smallest absolute Gasteiger partial charge is 0.139 e. The third-order valence-corrected chi connectivity index (χ3v) is 13.6. The lowest BCUT2D eigenvalue weighted by atomic mass is 9.60. The number of rotatable bonds is 6. The van der Waals surface area contributed by atoms with Crippen LogP contribution in [0.1, 0.15) is 25.0 Å². The van der Waals surface area contributed by atoms with Gasteiger partial charge in [0.05, 0.1) is 11.4 Å². The van der Waals surface area contributed by atoms with Gasteiger partial charge in [-0.1, -0.05) is 164 Å². The normalized spacial score (nSPS) is 12.7. The highest BCUT2D eigenvalue weighted by Crippen LogP contribution is 2.52. The summed E-state index contributed by atoms with van der Waals surface area (Å²) in [7, 11) is 11.3. The summed E-state index contributed by atoms with van der Waals surface area (Å²) in [5.41, 5.74) is 23.0. The van der Waals surface area contributed by atoms with Gasteiger partial charge in [-0.05, 0) is 96.6 Å². The van der Waals surface area contributed by atoms with E-state index in [0.29, 0.717) is 0 Å². The molecule has 0 saturated heterocycles. The second-order valence-electron chi connectivity index (χ2n) is 17.0. The highest BCUT2D eigenvalue weighted by molar-refractivity contribution is 6.68. The maximum atomic E-state index is 2.52. The van der Waals surface area contributed by atoms with Crippen molar-refractivity contribution in [2.24, 2.45) is 0 Å². The van der Waals surface area contributed by atoms with E-state index in [-0.39, 0.29) is 5.41 Å². The van der Waals surface area contributed by atoms with Crippen LogP contribution in [-0.2, 0) is 5.41 Å². The van der Waals surface area contributed by atoms with E-state index in [4.69, 9.17) is 0 Å². The number of anilines is 3.